The summed E-state index contributed by atoms with van der Waals surface area (Å²) in [5, 5.41) is 15.3. The molecule has 0 saturated heterocycles. The molecule has 1 heterocycles. The fourth-order valence-corrected chi connectivity index (χ4v) is 3.29. The van der Waals surface area contributed by atoms with E-state index in [1.54, 1.807) is 6.92 Å². The molecule has 164 valence electrons. The van der Waals surface area contributed by atoms with E-state index in [-0.39, 0.29) is 43.5 Å². The number of aliphatic hydroxyl groups excluding tert-OH is 1. The summed E-state index contributed by atoms with van der Waals surface area (Å²) < 4.78 is 5.17. The molecule has 0 saturated carbocycles. The van der Waals surface area contributed by atoms with Crippen molar-refractivity contribution in [2.45, 2.75) is 57.5 Å². The summed E-state index contributed by atoms with van der Waals surface area (Å²) in [6.07, 6.45) is 6.54. The van der Waals surface area contributed by atoms with Crippen LogP contribution < -0.4 is 10.6 Å². The predicted octanol–water partition coefficient (Wildman–Crippen LogP) is 1.89. The molecule has 0 radical (unpaired) electrons. The first-order valence-corrected chi connectivity index (χ1v) is 10.5. The zero-order valence-electron chi connectivity index (χ0n) is 17.5. The average molecular weight is 417 g/mol. The van der Waals surface area contributed by atoms with Crippen LogP contribution in [0.4, 0.5) is 0 Å². The third-order valence-electron chi connectivity index (χ3n) is 4.93. The zero-order valence-corrected chi connectivity index (χ0v) is 17.5. The van der Waals surface area contributed by atoms with Gasteiger partial charge in [-0.1, -0.05) is 42.5 Å². The lowest BCUT2D eigenvalue weighted by Crippen LogP contribution is -2.44. The predicted molar refractivity (Wildman–Crippen MR) is 113 cm³/mol. The minimum atomic E-state index is -0.531. The Kier molecular flexibility index (Phi) is 10.1. The van der Waals surface area contributed by atoms with Crippen LogP contribution in [0.2, 0.25) is 0 Å². The van der Waals surface area contributed by atoms with Gasteiger partial charge in [-0.25, -0.2) is 0 Å². The largest absolute Gasteiger partial charge is 0.464 e. The van der Waals surface area contributed by atoms with Crippen LogP contribution in [0.15, 0.2) is 42.5 Å². The molecule has 3 N–H and O–H groups in total. The summed E-state index contributed by atoms with van der Waals surface area (Å²) in [6.45, 7) is 1.69. The maximum atomic E-state index is 12.7. The van der Waals surface area contributed by atoms with Gasteiger partial charge >= 0.3 is 5.97 Å². The number of carbonyl (C=O) groups excluding carboxylic acids is 3. The Morgan fingerprint density at radius 2 is 2.03 bits per heavy atom. The monoisotopic (exact) mass is 416 g/mol. The second-order valence-corrected chi connectivity index (χ2v) is 7.73. The molecule has 0 bridgehead atoms. The Bertz CT molecular complexity index is 720. The van der Waals surface area contributed by atoms with Gasteiger partial charge in [-0.15, -0.1) is 0 Å². The molecule has 0 unspecified atom stereocenters. The molecule has 2 amide bonds. The molecule has 1 aliphatic heterocycles. The SMILES string of the molecule is C[C@H]1COC(=O)CCCC=CC[C@H](CC(=O)N[C@@H](CO)Cc2ccccc2)C(=O)N1. The van der Waals surface area contributed by atoms with Crippen LogP contribution in [0.25, 0.3) is 0 Å². The number of nitrogens with one attached hydrogen (secondary N) is 2. The van der Waals surface area contributed by atoms with Gasteiger partial charge in [0.25, 0.3) is 0 Å². The summed E-state index contributed by atoms with van der Waals surface area (Å²) in [5.74, 6) is -1.33. The lowest BCUT2D eigenvalue weighted by molar-refractivity contribution is -0.145. The highest BCUT2D eigenvalue weighted by atomic mass is 16.5. The first-order valence-electron chi connectivity index (χ1n) is 10.5. The fourth-order valence-electron chi connectivity index (χ4n) is 3.29. The number of esters is 1. The van der Waals surface area contributed by atoms with Gasteiger partial charge in [0.15, 0.2) is 0 Å². The number of ether oxygens (including phenoxy) is 1. The number of cyclic esters (lactones) is 1. The summed E-state index contributed by atoms with van der Waals surface area (Å²) in [5.41, 5.74) is 1.02. The van der Waals surface area contributed by atoms with Crippen LogP contribution in [0.3, 0.4) is 0 Å². The molecule has 1 aliphatic rings. The number of hydrogen-bond acceptors (Lipinski definition) is 5. The normalized spacial score (nSPS) is 21.9. The van der Waals surface area contributed by atoms with Gasteiger partial charge in [0.2, 0.25) is 11.8 Å². The maximum absolute atomic E-state index is 12.7. The summed E-state index contributed by atoms with van der Waals surface area (Å²) in [6, 6.07) is 8.87. The van der Waals surface area contributed by atoms with Crippen molar-refractivity contribution in [1.29, 1.82) is 0 Å². The van der Waals surface area contributed by atoms with Crippen molar-refractivity contribution in [1.82, 2.24) is 10.6 Å². The Morgan fingerprint density at radius 1 is 1.27 bits per heavy atom. The molecule has 3 atom stereocenters. The lowest BCUT2D eigenvalue weighted by Gasteiger charge is -2.21. The van der Waals surface area contributed by atoms with Crippen LogP contribution in [-0.4, -0.2) is 48.2 Å². The number of hydrogen-bond donors (Lipinski definition) is 3. The van der Waals surface area contributed by atoms with Crippen molar-refractivity contribution >= 4 is 17.8 Å². The lowest BCUT2D eigenvalue weighted by atomic mass is 9.98. The Morgan fingerprint density at radius 3 is 2.77 bits per heavy atom. The van der Waals surface area contributed by atoms with Gasteiger partial charge in [0, 0.05) is 12.8 Å². The van der Waals surface area contributed by atoms with Crippen molar-refractivity contribution < 1.29 is 24.2 Å². The third-order valence-corrected chi connectivity index (χ3v) is 4.93. The van der Waals surface area contributed by atoms with E-state index in [9.17, 15) is 19.5 Å². The van der Waals surface area contributed by atoms with E-state index >= 15 is 0 Å². The van der Waals surface area contributed by atoms with Gasteiger partial charge in [-0.2, -0.15) is 0 Å². The molecule has 1 aromatic carbocycles. The highest BCUT2D eigenvalue weighted by Crippen LogP contribution is 2.13. The third kappa shape index (κ3) is 8.78. The van der Waals surface area contributed by atoms with E-state index in [2.05, 4.69) is 10.6 Å². The highest BCUT2D eigenvalue weighted by Gasteiger charge is 2.24. The molecular formula is C23H32N2O5. The number of carbonyl (C=O) groups is 3. The van der Waals surface area contributed by atoms with Crippen molar-refractivity contribution in [3.63, 3.8) is 0 Å². The van der Waals surface area contributed by atoms with Crippen molar-refractivity contribution in [2.24, 2.45) is 5.92 Å². The fraction of sp³-hybridized carbons (Fsp3) is 0.522. The molecule has 0 aromatic heterocycles. The minimum absolute atomic E-state index is 0.0218. The van der Waals surface area contributed by atoms with Crippen LogP contribution in [0.5, 0.6) is 0 Å². The first kappa shape index (κ1) is 23.6. The summed E-state index contributed by atoms with van der Waals surface area (Å²) >= 11 is 0. The van der Waals surface area contributed by atoms with E-state index in [1.807, 2.05) is 42.5 Å². The van der Waals surface area contributed by atoms with Gasteiger partial charge in [0.1, 0.15) is 6.61 Å². The number of benzene rings is 1. The molecule has 7 heteroatoms. The Hall–Kier alpha value is -2.67. The number of aliphatic hydroxyl groups is 1. The smallest absolute Gasteiger partial charge is 0.305 e. The van der Waals surface area contributed by atoms with Crippen LogP contribution in [0.1, 0.15) is 44.6 Å². The minimum Gasteiger partial charge on any atom is -0.464 e. The molecule has 2 rings (SSSR count). The summed E-state index contributed by atoms with van der Waals surface area (Å²) in [4.78, 5) is 36.9. The van der Waals surface area contributed by atoms with Crippen LogP contribution >= 0.6 is 0 Å². The first-order chi connectivity index (χ1) is 14.5. The zero-order chi connectivity index (χ0) is 21.8. The van der Waals surface area contributed by atoms with Gasteiger partial charge in [0.05, 0.1) is 24.6 Å². The highest BCUT2D eigenvalue weighted by molar-refractivity contribution is 5.86. The number of allylic oxidation sites excluding steroid dienone is 2. The summed E-state index contributed by atoms with van der Waals surface area (Å²) in [7, 11) is 0. The molecule has 1 aromatic rings. The quantitative estimate of drug-likeness (QED) is 0.485. The molecule has 0 spiro atoms. The van der Waals surface area contributed by atoms with Gasteiger partial charge in [-0.05, 0) is 38.2 Å². The molecule has 7 nitrogen and oxygen atoms in total. The second-order valence-electron chi connectivity index (χ2n) is 7.73. The maximum Gasteiger partial charge on any atom is 0.305 e. The van der Waals surface area contributed by atoms with E-state index in [0.717, 1.165) is 12.0 Å². The van der Waals surface area contributed by atoms with E-state index in [1.165, 1.54) is 0 Å². The van der Waals surface area contributed by atoms with Crippen LogP contribution in [-0.2, 0) is 25.5 Å². The molecule has 0 fully saturated rings. The Labute approximate surface area is 177 Å². The van der Waals surface area contributed by atoms with Crippen molar-refractivity contribution in [3.8, 4) is 0 Å². The van der Waals surface area contributed by atoms with E-state index < -0.39 is 12.0 Å². The number of amides is 2. The van der Waals surface area contributed by atoms with Gasteiger partial charge < -0.3 is 20.5 Å². The molecule has 0 aliphatic carbocycles. The molecular weight excluding hydrogens is 384 g/mol. The molecule has 30 heavy (non-hydrogen) atoms. The van der Waals surface area contributed by atoms with Gasteiger partial charge in [-0.3, -0.25) is 14.4 Å². The van der Waals surface area contributed by atoms with E-state index in [0.29, 0.717) is 25.7 Å². The standard InChI is InChI=1S/C23H32N2O5/c1-17-16-30-22(28)12-8-3-2-7-11-19(23(29)24-17)14-21(27)25-20(15-26)13-18-9-5-4-6-10-18/h2,4-7,9-10,17,19-20,26H,3,8,11-16H2,1H3,(H,24,29)(H,25,27)/t17-,19+,20+/m0/s1. The average Bonchev–Trinajstić information content (AvgIpc) is 2.74. The van der Waals surface area contributed by atoms with Crippen LogP contribution in [0, 0.1) is 5.92 Å². The number of rotatable bonds is 6. The van der Waals surface area contributed by atoms with Crippen molar-refractivity contribution in [3.05, 3.63) is 48.0 Å². The van der Waals surface area contributed by atoms with Crippen molar-refractivity contribution in [2.75, 3.05) is 13.2 Å². The second kappa shape index (κ2) is 12.8. The topological polar surface area (TPSA) is 105 Å². The Balaban J connectivity index is 1.96. The van der Waals surface area contributed by atoms with E-state index in [4.69, 9.17) is 4.74 Å².